The number of nitrogens with two attached hydrogens (primary N) is 1. The first-order chi connectivity index (χ1) is 23.9. The average Bonchev–Trinajstić information content (AvgIpc) is 3.84. The summed E-state index contributed by atoms with van der Waals surface area (Å²) < 4.78 is 27.8. The third-order valence-corrected chi connectivity index (χ3v) is 8.39. The van der Waals surface area contributed by atoms with Gasteiger partial charge in [0, 0.05) is 51.1 Å². The third-order valence-electron chi connectivity index (χ3n) is 8.39. The van der Waals surface area contributed by atoms with Gasteiger partial charge >= 0.3 is 5.97 Å². The van der Waals surface area contributed by atoms with Crippen LogP contribution in [-0.4, -0.2) is 97.7 Å². The topological polar surface area (TPSA) is 208 Å². The summed E-state index contributed by atoms with van der Waals surface area (Å²) in [6.45, 7) is 6.71. The van der Waals surface area contributed by atoms with E-state index in [0.29, 0.717) is 30.7 Å². The fourth-order valence-electron chi connectivity index (χ4n) is 5.90. The van der Waals surface area contributed by atoms with Gasteiger partial charge in [-0.2, -0.15) is 0 Å². The predicted octanol–water partition coefficient (Wildman–Crippen LogP) is 1.54. The number of hydrogen-bond acceptors (Lipinski definition) is 11. The first kappa shape index (κ1) is 38.1. The molecule has 0 radical (unpaired) electrons. The highest BCUT2D eigenvalue weighted by molar-refractivity contribution is 5.95. The Labute approximate surface area is 290 Å². The van der Waals surface area contributed by atoms with Crippen LogP contribution in [0.4, 0.5) is 4.39 Å². The Morgan fingerprint density at radius 2 is 2.06 bits per heavy atom. The van der Waals surface area contributed by atoms with Gasteiger partial charge in [0.2, 0.25) is 11.8 Å². The van der Waals surface area contributed by atoms with Gasteiger partial charge in [-0.1, -0.05) is 48.9 Å². The van der Waals surface area contributed by atoms with Gasteiger partial charge < -0.3 is 35.5 Å². The molecule has 0 aliphatic carbocycles. The lowest BCUT2D eigenvalue weighted by molar-refractivity contribution is -0.159. The number of aliphatic hydroxyl groups excluding tert-OH is 1. The first-order valence-electron chi connectivity index (χ1n) is 16.9. The van der Waals surface area contributed by atoms with Crippen LogP contribution >= 0.6 is 0 Å². The minimum Gasteiger partial charge on any atom is -0.460 e. The molecule has 272 valence electrons. The van der Waals surface area contributed by atoms with Crippen molar-refractivity contribution in [1.29, 1.82) is 0 Å². The van der Waals surface area contributed by atoms with Crippen LogP contribution in [0.15, 0.2) is 52.8 Å². The number of ether oxygens (including phenoxy) is 1. The van der Waals surface area contributed by atoms with Crippen molar-refractivity contribution in [2.24, 2.45) is 17.6 Å². The summed E-state index contributed by atoms with van der Waals surface area (Å²) in [5, 5.41) is 23.8. The number of nitrogens with zero attached hydrogens (tertiary/aromatic N) is 5. The summed E-state index contributed by atoms with van der Waals surface area (Å²) in [7, 11) is 0. The van der Waals surface area contributed by atoms with Gasteiger partial charge in [-0.3, -0.25) is 19.1 Å². The lowest BCUT2D eigenvalue weighted by atomic mass is 9.89. The molecule has 2 bridgehead atoms. The number of allylic oxidation sites excluding steroid dienone is 2. The predicted molar refractivity (Wildman–Crippen MR) is 179 cm³/mol. The van der Waals surface area contributed by atoms with Crippen molar-refractivity contribution in [2.75, 3.05) is 19.6 Å². The van der Waals surface area contributed by atoms with E-state index in [4.69, 9.17) is 14.9 Å². The number of carbonyl (C=O) groups is 4. The van der Waals surface area contributed by atoms with Crippen LogP contribution in [0.5, 0.6) is 0 Å². The highest BCUT2D eigenvalue weighted by atomic mass is 19.1. The summed E-state index contributed by atoms with van der Waals surface area (Å²) in [5.74, 6) is -2.94. The number of nitrogens with one attached hydrogen (secondary N) is 2. The van der Waals surface area contributed by atoms with Crippen molar-refractivity contribution in [3.63, 3.8) is 0 Å². The highest BCUT2D eigenvalue weighted by Crippen LogP contribution is 2.27. The van der Waals surface area contributed by atoms with E-state index in [9.17, 15) is 28.7 Å². The number of carbonyl (C=O) groups excluding carboxylic acids is 4. The molecule has 50 heavy (non-hydrogen) atoms. The van der Waals surface area contributed by atoms with Crippen molar-refractivity contribution < 1.29 is 37.8 Å². The van der Waals surface area contributed by atoms with Crippen molar-refractivity contribution in [3.8, 4) is 0 Å². The maximum Gasteiger partial charge on any atom is 0.329 e. The van der Waals surface area contributed by atoms with E-state index in [1.54, 1.807) is 36.0 Å². The van der Waals surface area contributed by atoms with Crippen LogP contribution in [0.3, 0.4) is 0 Å². The van der Waals surface area contributed by atoms with E-state index in [-0.39, 0.29) is 68.9 Å². The van der Waals surface area contributed by atoms with Crippen LogP contribution < -0.4 is 16.4 Å². The maximum atomic E-state index is 14.8. The highest BCUT2D eigenvalue weighted by Gasteiger charge is 2.39. The van der Waals surface area contributed by atoms with Crippen molar-refractivity contribution in [1.82, 2.24) is 35.5 Å². The smallest absolute Gasteiger partial charge is 0.329 e. The average molecular weight is 699 g/mol. The second-order valence-electron chi connectivity index (χ2n) is 12.8. The van der Waals surface area contributed by atoms with Gasteiger partial charge in [0.25, 0.3) is 5.91 Å². The monoisotopic (exact) mass is 698 g/mol. The summed E-state index contributed by atoms with van der Waals surface area (Å²) in [5.41, 5.74) is 6.80. The number of amides is 3. The van der Waals surface area contributed by atoms with Gasteiger partial charge in [-0.15, -0.1) is 5.10 Å². The molecule has 4 rings (SSSR count). The van der Waals surface area contributed by atoms with Gasteiger partial charge in [0.15, 0.2) is 11.6 Å². The summed E-state index contributed by atoms with van der Waals surface area (Å²) >= 11 is 0. The molecule has 2 aliphatic heterocycles. The summed E-state index contributed by atoms with van der Waals surface area (Å²) in [6, 6.07) is -0.917. The van der Waals surface area contributed by atoms with E-state index in [0.717, 1.165) is 6.26 Å². The zero-order valence-corrected chi connectivity index (χ0v) is 28.7. The third kappa shape index (κ3) is 11.2. The quantitative estimate of drug-likeness (QED) is 0.305. The van der Waals surface area contributed by atoms with Crippen LogP contribution in [0.2, 0.25) is 0 Å². The molecule has 5 atom stereocenters. The Bertz CT molecular complexity index is 1570. The van der Waals surface area contributed by atoms with Gasteiger partial charge in [-0.25, -0.2) is 14.2 Å². The van der Waals surface area contributed by atoms with Crippen LogP contribution in [-0.2, 0) is 38.6 Å². The molecule has 1 fully saturated rings. The molecule has 5 N–H and O–H groups in total. The Morgan fingerprint density at radius 1 is 1.26 bits per heavy atom. The molecule has 2 aromatic rings. The van der Waals surface area contributed by atoms with E-state index in [1.165, 1.54) is 17.1 Å². The molecule has 1 saturated heterocycles. The molecule has 0 spiro atoms. The summed E-state index contributed by atoms with van der Waals surface area (Å²) in [4.78, 5) is 58.6. The molecular formula is C34H47FN8O7. The van der Waals surface area contributed by atoms with Gasteiger partial charge in [0.05, 0.1) is 24.8 Å². The fourth-order valence-corrected chi connectivity index (χ4v) is 5.90. The lowest BCUT2D eigenvalue weighted by Crippen LogP contribution is -2.44. The Kier molecular flexibility index (Phi) is 14.0. The number of cyclic esters (lactones) is 1. The number of rotatable bonds is 7. The standard InChI is InChI=1S/C34H47FN8O7/c1-21(2)32-23(15-30(46)38-11-13-42-19-25(18-36)40-41-42)8-9-29(45)37-10-4-6-22(3)14-26(44)16-24(35)17-31-39-27(20-49-31)33(47)43-12-5-7-28(43)34(48)50-32/h4,6,8-9,14,19-21,23-24,26,28,32,44H,5,7,10-13,15-18,36H2,1-3H3,(H,37,45)(H,38,46)/b6-4?,9-8+,22-14?. The Balaban J connectivity index is 1.55. The lowest BCUT2D eigenvalue weighted by Gasteiger charge is -2.30. The minimum atomic E-state index is -1.50. The van der Waals surface area contributed by atoms with E-state index < -0.39 is 48.1 Å². The van der Waals surface area contributed by atoms with E-state index >= 15 is 0 Å². The number of hydrogen-bond donors (Lipinski definition) is 4. The normalized spacial score (nSPS) is 25.1. The minimum absolute atomic E-state index is 0.00419. The fraction of sp³-hybridized carbons (Fsp3) is 0.559. The molecule has 2 aliphatic rings. The number of esters is 1. The zero-order chi connectivity index (χ0) is 36.2. The molecule has 4 heterocycles. The first-order valence-corrected chi connectivity index (χ1v) is 16.9. The molecule has 2 aromatic heterocycles. The number of oxazole rings is 1. The second kappa shape index (κ2) is 18.3. The van der Waals surface area contributed by atoms with Gasteiger partial charge in [-0.05, 0) is 31.8 Å². The van der Waals surface area contributed by atoms with Crippen molar-refractivity contribution in [3.05, 3.63) is 65.7 Å². The number of aliphatic hydroxyl groups is 1. The Morgan fingerprint density at radius 3 is 2.80 bits per heavy atom. The van der Waals surface area contributed by atoms with Crippen molar-refractivity contribution in [2.45, 2.75) is 90.4 Å². The molecule has 5 unspecified atom stereocenters. The molecule has 15 nitrogen and oxygen atoms in total. The maximum absolute atomic E-state index is 14.8. The van der Waals surface area contributed by atoms with Crippen LogP contribution in [0, 0.1) is 11.8 Å². The molecule has 3 amide bonds. The van der Waals surface area contributed by atoms with Crippen molar-refractivity contribution >= 4 is 23.7 Å². The molecule has 0 saturated carbocycles. The molecule has 16 heteroatoms. The molecule has 0 aromatic carbocycles. The SMILES string of the molecule is CC1=CC(O)CC(F)Cc2nc(co2)C(=O)N2CCCC2C(=O)OC(C(C)C)C(CC(=O)NCCn2cc(CN)nn2)/C=C/C(=O)NCC=C1. The van der Waals surface area contributed by atoms with Crippen LogP contribution in [0.1, 0.15) is 68.5 Å². The van der Waals surface area contributed by atoms with Crippen LogP contribution in [0.25, 0.3) is 0 Å². The number of halogens is 1. The number of fused-ring (bicyclic) bond motifs is 3. The summed E-state index contributed by atoms with van der Waals surface area (Å²) in [6.07, 6.45) is 7.47. The number of alkyl halides is 1. The Hall–Kier alpha value is -4.70. The zero-order valence-electron chi connectivity index (χ0n) is 28.7. The van der Waals surface area contributed by atoms with E-state index in [2.05, 4.69) is 25.9 Å². The van der Waals surface area contributed by atoms with E-state index in [1.807, 2.05) is 13.8 Å². The molecular weight excluding hydrogens is 651 g/mol. The largest absolute Gasteiger partial charge is 0.460 e. The van der Waals surface area contributed by atoms with Gasteiger partial charge in [0.1, 0.15) is 24.6 Å². The number of aromatic nitrogens is 4. The second-order valence-corrected chi connectivity index (χ2v) is 12.8.